The van der Waals surface area contributed by atoms with Crippen LogP contribution in [0, 0.1) is 0 Å². The van der Waals surface area contributed by atoms with Crippen LogP contribution in [-0.2, 0) is 0 Å². The minimum absolute atomic E-state index is 0.754. The van der Waals surface area contributed by atoms with Crippen molar-refractivity contribution in [2.75, 3.05) is 12.3 Å². The Morgan fingerprint density at radius 3 is 2.55 bits per heavy atom. The molecule has 1 aliphatic heterocycles. The summed E-state index contributed by atoms with van der Waals surface area (Å²) in [5.41, 5.74) is 7.49. The lowest BCUT2D eigenvalue weighted by atomic mass is 10.3. The molecule has 1 heterocycles. The monoisotopic (exact) mass is 172 g/mol. The van der Waals surface area contributed by atoms with Crippen LogP contribution in [0.4, 0.5) is 0 Å². The van der Waals surface area contributed by atoms with Gasteiger partial charge >= 0.3 is 0 Å². The van der Waals surface area contributed by atoms with Crippen LogP contribution in [0.3, 0.4) is 0 Å². The van der Waals surface area contributed by atoms with Crippen molar-refractivity contribution in [3.63, 3.8) is 0 Å². The molecular formula is C8H16N2S. The normalized spacial score (nSPS) is 15.2. The van der Waals surface area contributed by atoms with Gasteiger partial charge in [-0.15, -0.1) is 0 Å². The second kappa shape index (κ2) is 6.16. The number of nitrogens with two attached hydrogens (primary N) is 1. The van der Waals surface area contributed by atoms with Crippen LogP contribution in [0.1, 0.15) is 13.8 Å². The van der Waals surface area contributed by atoms with Gasteiger partial charge < -0.3 is 11.1 Å². The van der Waals surface area contributed by atoms with Crippen molar-refractivity contribution >= 4 is 12.6 Å². The average Bonchev–Trinajstić information content (AvgIpc) is 2.10. The van der Waals surface area contributed by atoms with Gasteiger partial charge in [0.2, 0.25) is 0 Å². The number of nitrogens with one attached hydrogen (secondary N) is 1. The number of hydrogen-bond donors (Lipinski definition) is 3. The van der Waals surface area contributed by atoms with E-state index in [0.717, 1.165) is 23.7 Å². The van der Waals surface area contributed by atoms with Crippen molar-refractivity contribution in [2.24, 2.45) is 5.73 Å². The Bertz CT molecular complexity index is 161. The van der Waals surface area contributed by atoms with Crippen LogP contribution in [0.2, 0.25) is 0 Å². The van der Waals surface area contributed by atoms with Gasteiger partial charge in [-0.25, -0.2) is 0 Å². The van der Waals surface area contributed by atoms with Gasteiger partial charge in [-0.05, 0) is 12.2 Å². The van der Waals surface area contributed by atoms with Gasteiger partial charge in [-0.1, -0.05) is 13.8 Å². The lowest BCUT2D eigenvalue weighted by molar-refractivity contribution is 0.849. The molecule has 0 aromatic rings. The van der Waals surface area contributed by atoms with Crippen molar-refractivity contribution in [2.45, 2.75) is 13.8 Å². The fourth-order valence-corrected chi connectivity index (χ4v) is 0.867. The van der Waals surface area contributed by atoms with Crippen LogP contribution < -0.4 is 11.1 Å². The van der Waals surface area contributed by atoms with Crippen molar-refractivity contribution in [1.82, 2.24) is 5.32 Å². The zero-order chi connectivity index (χ0) is 8.69. The minimum Gasteiger partial charge on any atom is -0.401 e. The Balaban J connectivity index is 0.000000461. The van der Waals surface area contributed by atoms with Crippen LogP contribution in [0.25, 0.3) is 0 Å². The first-order chi connectivity index (χ1) is 5.33. The molecule has 0 fully saturated rings. The highest BCUT2D eigenvalue weighted by Crippen LogP contribution is 1.99. The molecule has 0 amide bonds. The molecule has 0 aliphatic carbocycles. The molecular weight excluding hydrogens is 156 g/mol. The lowest BCUT2D eigenvalue weighted by Gasteiger charge is -2.11. The average molecular weight is 172 g/mol. The first kappa shape index (κ1) is 10.4. The summed E-state index contributed by atoms with van der Waals surface area (Å²) in [6, 6.07) is 0. The summed E-state index contributed by atoms with van der Waals surface area (Å²) in [6.45, 7) is 4.76. The Morgan fingerprint density at radius 1 is 1.55 bits per heavy atom. The third-order valence-corrected chi connectivity index (χ3v) is 1.53. The van der Waals surface area contributed by atoms with Gasteiger partial charge in [-0.3, -0.25) is 0 Å². The number of thiol groups is 1. The van der Waals surface area contributed by atoms with E-state index in [-0.39, 0.29) is 0 Å². The summed E-state index contributed by atoms with van der Waals surface area (Å²) in [5.74, 6) is 0.754. The molecule has 3 N–H and O–H groups in total. The summed E-state index contributed by atoms with van der Waals surface area (Å²) in [6.07, 6.45) is 3.86. The standard InChI is InChI=1S/C6H10N2S.C2H6/c7-5-1-2-6(4-9)8-3-5;1-2/h1-2,8-9H,3-4,7H2;1-2H3. The molecule has 0 saturated heterocycles. The van der Waals surface area contributed by atoms with Gasteiger partial charge in [0, 0.05) is 17.1 Å². The van der Waals surface area contributed by atoms with E-state index < -0.39 is 0 Å². The molecule has 0 spiro atoms. The van der Waals surface area contributed by atoms with Crippen LogP contribution >= 0.6 is 12.6 Å². The van der Waals surface area contributed by atoms with E-state index in [1.807, 2.05) is 26.0 Å². The highest BCUT2D eigenvalue weighted by molar-refractivity contribution is 7.80. The summed E-state index contributed by atoms with van der Waals surface area (Å²) < 4.78 is 0. The molecule has 0 saturated carbocycles. The molecule has 0 radical (unpaired) electrons. The summed E-state index contributed by atoms with van der Waals surface area (Å²) in [7, 11) is 0. The molecule has 0 aromatic heterocycles. The Labute approximate surface area is 74.0 Å². The second-order valence-electron chi connectivity index (χ2n) is 1.95. The lowest BCUT2D eigenvalue weighted by Crippen LogP contribution is -2.23. The van der Waals surface area contributed by atoms with Crippen LogP contribution in [0.5, 0.6) is 0 Å². The number of rotatable bonds is 1. The smallest absolute Gasteiger partial charge is 0.0543 e. The first-order valence-corrected chi connectivity index (χ1v) is 4.46. The predicted octanol–water partition coefficient (Wildman–Crippen LogP) is 1.27. The maximum absolute atomic E-state index is 5.48. The number of hydrogen-bond acceptors (Lipinski definition) is 3. The number of allylic oxidation sites excluding steroid dienone is 2. The summed E-state index contributed by atoms with van der Waals surface area (Å²) in [5, 5.41) is 3.11. The Morgan fingerprint density at radius 2 is 2.18 bits per heavy atom. The van der Waals surface area contributed by atoms with Gasteiger partial charge in [0.15, 0.2) is 0 Å². The molecule has 1 rings (SSSR count). The molecule has 0 atom stereocenters. The van der Waals surface area contributed by atoms with E-state index in [1.165, 1.54) is 0 Å². The highest BCUT2D eigenvalue weighted by Gasteiger charge is 1.97. The SMILES string of the molecule is CC.NC1=CC=C(CS)NC1. The maximum Gasteiger partial charge on any atom is 0.0543 e. The van der Waals surface area contributed by atoms with E-state index in [9.17, 15) is 0 Å². The predicted molar refractivity (Wildman–Crippen MR) is 53.6 cm³/mol. The largest absolute Gasteiger partial charge is 0.401 e. The molecule has 2 nitrogen and oxygen atoms in total. The van der Waals surface area contributed by atoms with Crippen molar-refractivity contribution in [1.29, 1.82) is 0 Å². The third-order valence-electron chi connectivity index (χ3n) is 1.19. The quantitative estimate of drug-likeness (QED) is 0.521. The zero-order valence-corrected chi connectivity index (χ0v) is 7.99. The fourth-order valence-electron chi connectivity index (χ4n) is 0.650. The van der Waals surface area contributed by atoms with E-state index in [4.69, 9.17) is 5.73 Å². The molecule has 0 bridgehead atoms. The molecule has 1 aliphatic rings. The van der Waals surface area contributed by atoms with Gasteiger partial charge in [0.05, 0.1) is 6.54 Å². The fraction of sp³-hybridized carbons (Fsp3) is 0.500. The van der Waals surface area contributed by atoms with Gasteiger partial charge in [0.1, 0.15) is 0 Å². The van der Waals surface area contributed by atoms with Crippen LogP contribution in [0.15, 0.2) is 23.5 Å². The first-order valence-electron chi connectivity index (χ1n) is 3.83. The zero-order valence-electron chi connectivity index (χ0n) is 7.09. The summed E-state index contributed by atoms with van der Waals surface area (Å²) >= 11 is 4.09. The molecule has 0 aromatic carbocycles. The molecule has 11 heavy (non-hydrogen) atoms. The van der Waals surface area contributed by atoms with E-state index in [1.54, 1.807) is 0 Å². The van der Waals surface area contributed by atoms with E-state index in [2.05, 4.69) is 17.9 Å². The Hall–Kier alpha value is -0.570. The van der Waals surface area contributed by atoms with E-state index >= 15 is 0 Å². The van der Waals surface area contributed by atoms with Gasteiger partial charge in [-0.2, -0.15) is 12.6 Å². The minimum atomic E-state index is 0.754. The van der Waals surface area contributed by atoms with Gasteiger partial charge in [0.25, 0.3) is 0 Å². The molecule has 3 heteroatoms. The van der Waals surface area contributed by atoms with Crippen molar-refractivity contribution in [3.05, 3.63) is 23.5 Å². The van der Waals surface area contributed by atoms with Crippen molar-refractivity contribution in [3.8, 4) is 0 Å². The Kier molecular flexibility index (Phi) is 5.84. The number of dihydropyridines is 1. The second-order valence-corrected chi connectivity index (χ2v) is 2.26. The van der Waals surface area contributed by atoms with Crippen molar-refractivity contribution < 1.29 is 0 Å². The topological polar surface area (TPSA) is 38.0 Å². The van der Waals surface area contributed by atoms with Crippen LogP contribution in [-0.4, -0.2) is 12.3 Å². The van der Waals surface area contributed by atoms with E-state index in [0.29, 0.717) is 0 Å². The molecule has 0 unspecified atom stereocenters. The summed E-state index contributed by atoms with van der Waals surface area (Å²) in [4.78, 5) is 0. The highest BCUT2D eigenvalue weighted by atomic mass is 32.1. The molecule has 64 valence electrons. The third kappa shape index (κ3) is 3.98. The maximum atomic E-state index is 5.48.